The molecule has 0 radical (unpaired) electrons. The molecule has 1 aliphatic rings. The third-order valence-electron chi connectivity index (χ3n) is 7.51. The van der Waals surface area contributed by atoms with Gasteiger partial charge in [0.15, 0.2) is 23.1 Å². The lowest BCUT2D eigenvalue weighted by atomic mass is 9.72. The first-order valence-corrected chi connectivity index (χ1v) is 12.5. The molecule has 0 spiro atoms. The monoisotopic (exact) mass is 522 g/mol. The normalized spacial score (nSPS) is 17.8. The highest BCUT2D eigenvalue weighted by molar-refractivity contribution is 5.87. The molecule has 2 aromatic heterocycles. The van der Waals surface area contributed by atoms with Gasteiger partial charge in [0.05, 0.1) is 23.6 Å². The van der Waals surface area contributed by atoms with Crippen LogP contribution in [0.5, 0.6) is 23.1 Å². The van der Waals surface area contributed by atoms with Crippen LogP contribution in [-0.2, 0) is 0 Å². The number of methoxy groups -OCH3 is 1. The van der Waals surface area contributed by atoms with Crippen LogP contribution in [0, 0.1) is 18.2 Å². The number of rotatable bonds is 6. The molecule has 4 aromatic rings. The number of carbonyl (C=O) groups is 1. The van der Waals surface area contributed by atoms with Gasteiger partial charge in [-0.1, -0.05) is 20.8 Å². The molecule has 1 aliphatic heterocycles. The molecule has 1 amide bonds. The fourth-order valence-electron chi connectivity index (χ4n) is 5.37. The van der Waals surface area contributed by atoms with Crippen LogP contribution < -0.4 is 14.2 Å². The Morgan fingerprint density at radius 2 is 1.95 bits per heavy atom. The summed E-state index contributed by atoms with van der Waals surface area (Å²) in [6.45, 7) is 8.55. The maximum absolute atomic E-state index is 15.2. The van der Waals surface area contributed by atoms with E-state index >= 15 is 4.39 Å². The Bertz CT molecular complexity index is 1530. The van der Waals surface area contributed by atoms with E-state index in [1.165, 1.54) is 18.3 Å². The first-order chi connectivity index (χ1) is 18.0. The van der Waals surface area contributed by atoms with Crippen molar-refractivity contribution >= 4 is 27.9 Å². The molecule has 10 heteroatoms. The maximum atomic E-state index is 15.2. The van der Waals surface area contributed by atoms with Crippen LogP contribution in [0.25, 0.3) is 21.8 Å². The molecule has 0 aliphatic carbocycles. The van der Waals surface area contributed by atoms with Crippen molar-refractivity contribution in [3.63, 3.8) is 0 Å². The number of benzene rings is 2. The van der Waals surface area contributed by atoms with E-state index in [9.17, 15) is 9.90 Å². The lowest BCUT2D eigenvalue weighted by Gasteiger charge is -2.46. The predicted octanol–water partition coefficient (Wildman–Crippen LogP) is 6.30. The number of aryl methyl sites for hydroxylation is 1. The van der Waals surface area contributed by atoms with E-state index in [1.54, 1.807) is 30.3 Å². The van der Waals surface area contributed by atoms with Crippen molar-refractivity contribution < 1.29 is 28.5 Å². The summed E-state index contributed by atoms with van der Waals surface area (Å²) in [4.78, 5) is 25.2. The zero-order chi connectivity index (χ0) is 27.2. The minimum absolute atomic E-state index is 0.0397. The molecule has 1 atom stereocenters. The van der Waals surface area contributed by atoms with Crippen LogP contribution in [0.1, 0.15) is 39.3 Å². The Kier molecular flexibility index (Phi) is 6.28. The average molecular weight is 523 g/mol. The Morgan fingerprint density at radius 3 is 2.66 bits per heavy atom. The summed E-state index contributed by atoms with van der Waals surface area (Å²) >= 11 is 0. The van der Waals surface area contributed by atoms with Gasteiger partial charge >= 0.3 is 6.09 Å². The summed E-state index contributed by atoms with van der Waals surface area (Å²) < 4.78 is 33.0. The van der Waals surface area contributed by atoms with Gasteiger partial charge < -0.3 is 24.3 Å². The molecule has 1 saturated heterocycles. The number of hydrogen-bond acceptors (Lipinski definition) is 6. The van der Waals surface area contributed by atoms with Crippen LogP contribution in [0.2, 0.25) is 0 Å². The summed E-state index contributed by atoms with van der Waals surface area (Å²) in [6, 6.07) is 8.42. The van der Waals surface area contributed by atoms with Gasteiger partial charge in [-0.2, -0.15) is 0 Å². The fraction of sp³-hybridized carbons (Fsp3) is 0.393. The van der Waals surface area contributed by atoms with Crippen molar-refractivity contribution in [2.75, 3.05) is 20.3 Å². The number of halogens is 1. The molecule has 5 rings (SSSR count). The van der Waals surface area contributed by atoms with E-state index in [4.69, 9.17) is 14.2 Å². The number of likely N-dealkylation sites (tertiary alicyclic amines) is 1. The smallest absolute Gasteiger partial charge is 0.407 e. The molecule has 2 N–H and O–H groups in total. The average Bonchev–Trinajstić information content (AvgIpc) is 3.48. The summed E-state index contributed by atoms with van der Waals surface area (Å²) in [7, 11) is 1.51. The van der Waals surface area contributed by atoms with Crippen molar-refractivity contribution in [2.24, 2.45) is 5.41 Å². The standard InChI is InChI=1S/C28H31FN4O5/c1-16-11-17-19(32-16)7-8-21(24(17)29)38-25-18-12-22(36-5)23(13-20(18)30-15-31-25)37-14-28(27(2,3)4)9-6-10-33(28)26(34)35/h7-8,11-13,15,32H,6,9-10,14H2,1-5H3,(H,34,35)/t28-/m0/s1. The van der Waals surface area contributed by atoms with Crippen LogP contribution in [0.15, 0.2) is 36.7 Å². The van der Waals surface area contributed by atoms with Crippen molar-refractivity contribution in [1.29, 1.82) is 0 Å². The third-order valence-corrected chi connectivity index (χ3v) is 7.51. The van der Waals surface area contributed by atoms with Crippen LogP contribution in [-0.4, -0.2) is 56.9 Å². The van der Waals surface area contributed by atoms with Crippen LogP contribution in [0.3, 0.4) is 0 Å². The highest BCUT2D eigenvalue weighted by atomic mass is 19.1. The van der Waals surface area contributed by atoms with E-state index in [0.29, 0.717) is 46.3 Å². The number of hydrogen-bond donors (Lipinski definition) is 2. The molecule has 0 bridgehead atoms. The lowest BCUT2D eigenvalue weighted by Crippen LogP contribution is -2.58. The summed E-state index contributed by atoms with van der Waals surface area (Å²) in [5.74, 6) is 0.541. The Morgan fingerprint density at radius 1 is 1.16 bits per heavy atom. The number of aromatic nitrogens is 3. The van der Waals surface area contributed by atoms with Gasteiger partial charge in [-0.05, 0) is 49.4 Å². The SMILES string of the molecule is COc1cc2c(Oc3ccc4[nH]c(C)cc4c3F)ncnc2cc1OC[C@]1(C(C)(C)C)CCCN1C(=O)O. The Hall–Kier alpha value is -4.08. The molecule has 200 valence electrons. The Labute approximate surface area is 219 Å². The predicted molar refractivity (Wildman–Crippen MR) is 141 cm³/mol. The molecular weight excluding hydrogens is 491 g/mol. The van der Waals surface area contributed by atoms with Crippen molar-refractivity contribution in [3.05, 3.63) is 48.2 Å². The number of aromatic amines is 1. The van der Waals surface area contributed by atoms with Gasteiger partial charge in [-0.25, -0.2) is 19.2 Å². The topological polar surface area (TPSA) is 110 Å². The number of nitrogens with one attached hydrogen (secondary N) is 1. The second kappa shape index (κ2) is 9.34. The second-order valence-corrected chi connectivity index (χ2v) is 10.7. The number of carboxylic acid groups (broad SMARTS) is 1. The number of ether oxygens (including phenoxy) is 3. The van der Waals surface area contributed by atoms with Gasteiger partial charge in [0.25, 0.3) is 0 Å². The highest BCUT2D eigenvalue weighted by Gasteiger charge is 2.52. The van der Waals surface area contributed by atoms with Crippen molar-refractivity contribution in [1.82, 2.24) is 19.9 Å². The first kappa shape index (κ1) is 25.6. The number of H-pyrrole nitrogens is 1. The summed E-state index contributed by atoms with van der Waals surface area (Å²) in [5, 5.41) is 10.8. The molecule has 2 aromatic carbocycles. The van der Waals surface area contributed by atoms with Gasteiger partial charge in [0, 0.05) is 29.2 Å². The van der Waals surface area contributed by atoms with E-state index in [2.05, 4.69) is 15.0 Å². The van der Waals surface area contributed by atoms with E-state index in [-0.39, 0.29) is 23.7 Å². The van der Waals surface area contributed by atoms with Crippen LogP contribution in [0.4, 0.5) is 9.18 Å². The number of amides is 1. The number of fused-ring (bicyclic) bond motifs is 2. The van der Waals surface area contributed by atoms with Gasteiger partial charge in [0.2, 0.25) is 5.88 Å². The van der Waals surface area contributed by atoms with Crippen molar-refractivity contribution in [2.45, 2.75) is 46.1 Å². The molecule has 1 fully saturated rings. The largest absolute Gasteiger partial charge is 0.493 e. The van der Waals surface area contributed by atoms with Crippen LogP contribution >= 0.6 is 0 Å². The Balaban J connectivity index is 1.49. The van der Waals surface area contributed by atoms with E-state index < -0.39 is 17.4 Å². The second-order valence-electron chi connectivity index (χ2n) is 10.7. The maximum Gasteiger partial charge on any atom is 0.407 e. The summed E-state index contributed by atoms with van der Waals surface area (Å²) in [5.41, 5.74) is 0.971. The zero-order valence-corrected chi connectivity index (χ0v) is 22.1. The molecule has 9 nitrogen and oxygen atoms in total. The molecule has 38 heavy (non-hydrogen) atoms. The molecular formula is C28H31FN4O5. The molecule has 0 unspecified atom stereocenters. The van der Waals surface area contributed by atoms with Gasteiger partial charge in [-0.15, -0.1) is 0 Å². The summed E-state index contributed by atoms with van der Waals surface area (Å²) in [6.07, 6.45) is 1.83. The quantitative estimate of drug-likeness (QED) is 0.306. The third kappa shape index (κ3) is 4.23. The molecule has 3 heterocycles. The minimum Gasteiger partial charge on any atom is -0.493 e. The molecule has 0 saturated carbocycles. The van der Waals surface area contributed by atoms with E-state index in [1.807, 2.05) is 27.7 Å². The van der Waals surface area contributed by atoms with Crippen molar-refractivity contribution in [3.8, 4) is 23.1 Å². The lowest BCUT2D eigenvalue weighted by molar-refractivity contribution is -0.00417. The van der Waals surface area contributed by atoms with Gasteiger partial charge in [-0.3, -0.25) is 4.90 Å². The highest BCUT2D eigenvalue weighted by Crippen LogP contribution is 2.45. The zero-order valence-electron chi connectivity index (χ0n) is 22.1. The first-order valence-electron chi connectivity index (χ1n) is 12.5. The fourth-order valence-corrected chi connectivity index (χ4v) is 5.37. The van der Waals surface area contributed by atoms with Gasteiger partial charge in [0.1, 0.15) is 12.9 Å². The van der Waals surface area contributed by atoms with E-state index in [0.717, 1.165) is 12.1 Å². The number of nitrogens with zero attached hydrogens (tertiary/aromatic N) is 3. The minimum atomic E-state index is -0.957.